The molecule has 1 heterocycles. The van der Waals surface area contributed by atoms with Crippen molar-refractivity contribution in [3.8, 4) is 0 Å². The van der Waals surface area contributed by atoms with Gasteiger partial charge >= 0.3 is 0 Å². The maximum Gasteiger partial charge on any atom is 0.161 e. The summed E-state index contributed by atoms with van der Waals surface area (Å²) in [5.41, 5.74) is 3.64. The molecule has 0 fully saturated rings. The van der Waals surface area contributed by atoms with Gasteiger partial charge in [0.25, 0.3) is 0 Å². The van der Waals surface area contributed by atoms with Crippen LogP contribution in [0.2, 0.25) is 0 Å². The molecule has 0 aromatic heterocycles. The third kappa shape index (κ3) is 3.66. The summed E-state index contributed by atoms with van der Waals surface area (Å²) < 4.78 is 0. The molecule has 2 rings (SSSR count). The number of nitrogens with one attached hydrogen (secondary N) is 1. The van der Waals surface area contributed by atoms with Gasteiger partial charge in [-0.1, -0.05) is 24.8 Å². The number of hydrogen-bond donors (Lipinski definition) is 1. The van der Waals surface area contributed by atoms with Crippen LogP contribution in [-0.4, -0.2) is 30.6 Å². The molecule has 1 aliphatic rings. The van der Waals surface area contributed by atoms with Crippen molar-refractivity contribution in [2.45, 2.75) is 38.5 Å². The lowest BCUT2D eigenvalue weighted by atomic mass is 10.1. The Morgan fingerprint density at radius 1 is 1.32 bits per heavy atom. The molecular formula is C15H23N3S. The minimum Gasteiger partial charge on any atom is -0.377 e. The van der Waals surface area contributed by atoms with Gasteiger partial charge in [0, 0.05) is 30.7 Å². The first kappa shape index (κ1) is 14.3. The molecule has 0 bridgehead atoms. The molecule has 4 heteroatoms. The number of benzene rings is 1. The van der Waals surface area contributed by atoms with Gasteiger partial charge in [0.1, 0.15) is 0 Å². The van der Waals surface area contributed by atoms with Crippen LogP contribution in [0, 0.1) is 6.92 Å². The lowest BCUT2D eigenvalue weighted by molar-refractivity contribution is 0.661. The normalized spacial score (nSPS) is 22.9. The number of nitrogens with zero attached hydrogens (tertiary/aromatic N) is 2. The quantitative estimate of drug-likeness (QED) is 0.892. The third-order valence-electron chi connectivity index (χ3n) is 3.27. The Hall–Kier alpha value is -1.16. The first-order chi connectivity index (χ1) is 8.95. The monoisotopic (exact) mass is 277 g/mol. The second kappa shape index (κ2) is 5.87. The average molecular weight is 277 g/mol. The smallest absolute Gasteiger partial charge is 0.161 e. The lowest BCUT2D eigenvalue weighted by Gasteiger charge is -2.24. The van der Waals surface area contributed by atoms with Gasteiger partial charge in [-0.3, -0.25) is 4.99 Å². The molecule has 1 aliphatic heterocycles. The van der Waals surface area contributed by atoms with Crippen molar-refractivity contribution in [1.82, 2.24) is 0 Å². The molecule has 0 aliphatic carbocycles. The molecule has 2 unspecified atom stereocenters. The van der Waals surface area contributed by atoms with Crippen LogP contribution in [0.4, 0.5) is 11.4 Å². The Balaban J connectivity index is 2.17. The summed E-state index contributed by atoms with van der Waals surface area (Å²) in [5, 5.41) is 5.13. The highest BCUT2D eigenvalue weighted by atomic mass is 32.2. The van der Waals surface area contributed by atoms with Gasteiger partial charge in [-0.15, -0.1) is 0 Å². The van der Waals surface area contributed by atoms with E-state index in [0.717, 1.165) is 17.3 Å². The number of rotatable bonds is 2. The maximum atomic E-state index is 4.68. The van der Waals surface area contributed by atoms with E-state index in [9.17, 15) is 0 Å². The van der Waals surface area contributed by atoms with Crippen LogP contribution in [-0.2, 0) is 0 Å². The van der Waals surface area contributed by atoms with E-state index in [-0.39, 0.29) is 0 Å². The van der Waals surface area contributed by atoms with E-state index >= 15 is 0 Å². The largest absolute Gasteiger partial charge is 0.377 e. The Kier molecular flexibility index (Phi) is 4.40. The predicted molar refractivity (Wildman–Crippen MR) is 87.7 cm³/mol. The van der Waals surface area contributed by atoms with E-state index in [1.54, 1.807) is 0 Å². The van der Waals surface area contributed by atoms with Crippen molar-refractivity contribution in [3.05, 3.63) is 23.8 Å². The van der Waals surface area contributed by atoms with Crippen molar-refractivity contribution in [1.29, 1.82) is 0 Å². The topological polar surface area (TPSA) is 27.6 Å². The van der Waals surface area contributed by atoms with E-state index in [4.69, 9.17) is 0 Å². The molecule has 0 spiro atoms. The van der Waals surface area contributed by atoms with Crippen molar-refractivity contribution in [2.75, 3.05) is 24.3 Å². The number of aryl methyl sites for hydroxylation is 1. The van der Waals surface area contributed by atoms with Crippen LogP contribution in [0.15, 0.2) is 23.2 Å². The fourth-order valence-electron chi connectivity index (χ4n) is 2.36. The fourth-order valence-corrected chi connectivity index (χ4v) is 3.53. The van der Waals surface area contributed by atoms with Gasteiger partial charge in [0.05, 0.1) is 6.04 Å². The highest BCUT2D eigenvalue weighted by Crippen LogP contribution is 2.28. The van der Waals surface area contributed by atoms with Crippen LogP contribution >= 0.6 is 11.8 Å². The van der Waals surface area contributed by atoms with Crippen LogP contribution < -0.4 is 10.2 Å². The Labute approximate surface area is 120 Å². The minimum absolute atomic E-state index is 0.414. The second-order valence-electron chi connectivity index (χ2n) is 5.47. The van der Waals surface area contributed by atoms with E-state index in [0.29, 0.717) is 11.3 Å². The van der Waals surface area contributed by atoms with Crippen molar-refractivity contribution >= 4 is 28.3 Å². The van der Waals surface area contributed by atoms with E-state index in [1.165, 1.54) is 11.3 Å². The molecule has 0 saturated heterocycles. The molecule has 0 saturated carbocycles. The highest BCUT2D eigenvalue weighted by Gasteiger charge is 2.18. The van der Waals surface area contributed by atoms with Gasteiger partial charge in [-0.25, -0.2) is 0 Å². The minimum atomic E-state index is 0.414. The summed E-state index contributed by atoms with van der Waals surface area (Å²) in [4.78, 5) is 6.82. The molecule has 3 nitrogen and oxygen atoms in total. The third-order valence-corrected chi connectivity index (χ3v) is 4.29. The van der Waals surface area contributed by atoms with Crippen LogP contribution in [0.1, 0.15) is 25.8 Å². The maximum absolute atomic E-state index is 4.68. The summed E-state index contributed by atoms with van der Waals surface area (Å²) in [5.74, 6) is 0. The number of thioether (sulfide) groups is 1. The first-order valence-corrected chi connectivity index (χ1v) is 7.63. The molecule has 1 aromatic carbocycles. The zero-order chi connectivity index (χ0) is 14.0. The van der Waals surface area contributed by atoms with Crippen molar-refractivity contribution < 1.29 is 0 Å². The Morgan fingerprint density at radius 2 is 2.05 bits per heavy atom. The van der Waals surface area contributed by atoms with Gasteiger partial charge in [-0.2, -0.15) is 0 Å². The zero-order valence-corrected chi connectivity index (χ0v) is 13.2. The summed E-state index contributed by atoms with van der Waals surface area (Å²) in [7, 11) is 4.15. The van der Waals surface area contributed by atoms with Crippen LogP contribution in [0.3, 0.4) is 0 Å². The SMILES string of the molecule is Cc1ccc(NC2=NC(C)CC(C)S2)cc1N(C)C. The van der Waals surface area contributed by atoms with Gasteiger partial charge in [-0.05, 0) is 38.0 Å². The number of anilines is 2. The van der Waals surface area contributed by atoms with Crippen molar-refractivity contribution in [2.24, 2.45) is 4.99 Å². The molecule has 0 amide bonds. The number of amidine groups is 1. The fraction of sp³-hybridized carbons (Fsp3) is 0.533. The average Bonchev–Trinajstić information content (AvgIpc) is 2.30. The summed E-state index contributed by atoms with van der Waals surface area (Å²) in [6.07, 6.45) is 1.16. The van der Waals surface area contributed by atoms with E-state index in [2.05, 4.69) is 68.3 Å². The van der Waals surface area contributed by atoms with Crippen molar-refractivity contribution in [3.63, 3.8) is 0 Å². The molecular weight excluding hydrogens is 254 g/mol. The van der Waals surface area contributed by atoms with Crippen LogP contribution in [0.5, 0.6) is 0 Å². The summed E-state index contributed by atoms with van der Waals surface area (Å²) in [6.45, 7) is 6.58. The standard InChI is InChI=1S/C15H23N3S/c1-10-6-7-13(9-14(10)18(4)5)17-15-16-11(2)8-12(3)19-15/h6-7,9,11-12H,8H2,1-5H3,(H,16,17). The molecule has 19 heavy (non-hydrogen) atoms. The van der Waals surface area contributed by atoms with Gasteiger partial charge in [0.2, 0.25) is 0 Å². The number of aliphatic imine (C=N–C) groups is 1. The molecule has 0 radical (unpaired) electrons. The predicted octanol–water partition coefficient (Wildman–Crippen LogP) is 3.74. The summed E-state index contributed by atoms with van der Waals surface area (Å²) in [6, 6.07) is 6.87. The van der Waals surface area contributed by atoms with Gasteiger partial charge in [0.15, 0.2) is 5.17 Å². The Bertz CT molecular complexity index is 482. The lowest BCUT2D eigenvalue weighted by Crippen LogP contribution is -2.22. The molecule has 1 N–H and O–H groups in total. The Morgan fingerprint density at radius 3 is 2.68 bits per heavy atom. The van der Waals surface area contributed by atoms with Crippen LogP contribution in [0.25, 0.3) is 0 Å². The summed E-state index contributed by atoms with van der Waals surface area (Å²) >= 11 is 1.83. The molecule has 104 valence electrons. The number of hydrogen-bond acceptors (Lipinski definition) is 4. The van der Waals surface area contributed by atoms with Gasteiger partial charge < -0.3 is 10.2 Å². The molecule has 2 atom stereocenters. The van der Waals surface area contributed by atoms with E-state index < -0.39 is 0 Å². The highest BCUT2D eigenvalue weighted by molar-refractivity contribution is 8.14. The molecule has 1 aromatic rings. The zero-order valence-electron chi connectivity index (χ0n) is 12.4. The van der Waals surface area contributed by atoms with E-state index in [1.807, 2.05) is 11.8 Å². The first-order valence-electron chi connectivity index (χ1n) is 6.75. The second-order valence-corrected chi connectivity index (χ2v) is 6.90.